The highest BCUT2D eigenvalue weighted by Crippen LogP contribution is 2.16. The van der Waals surface area contributed by atoms with Crippen molar-refractivity contribution in [2.75, 3.05) is 16.8 Å². The number of amides is 1. The van der Waals surface area contributed by atoms with Gasteiger partial charge in [0.05, 0.1) is 18.0 Å². The summed E-state index contributed by atoms with van der Waals surface area (Å²) in [4.78, 5) is 24.4. The molecule has 3 rings (SSSR count). The van der Waals surface area contributed by atoms with Crippen LogP contribution in [0.2, 0.25) is 5.02 Å². The van der Waals surface area contributed by atoms with E-state index in [9.17, 15) is 18.0 Å². The fraction of sp³-hybridized carbons (Fsp3) is 0.217. The molecule has 0 spiro atoms. The number of hydrogen-bond acceptors (Lipinski definition) is 4. The van der Waals surface area contributed by atoms with Gasteiger partial charge < -0.3 is 9.88 Å². The Morgan fingerprint density at radius 3 is 2.42 bits per heavy atom. The Morgan fingerprint density at radius 2 is 1.68 bits per heavy atom. The number of carbonyl (C=O) groups is 1. The van der Waals surface area contributed by atoms with Gasteiger partial charge >= 0.3 is 0 Å². The molecule has 1 amide bonds. The van der Waals surface area contributed by atoms with Crippen LogP contribution in [0.25, 0.3) is 0 Å². The number of anilines is 1. The molecule has 0 aliphatic heterocycles. The second kappa shape index (κ2) is 10.4. The van der Waals surface area contributed by atoms with Gasteiger partial charge in [0.2, 0.25) is 5.91 Å². The second-order valence-corrected chi connectivity index (χ2v) is 9.80. The van der Waals surface area contributed by atoms with Crippen LogP contribution in [0.3, 0.4) is 0 Å². The van der Waals surface area contributed by atoms with Crippen LogP contribution in [0, 0.1) is 0 Å². The topological polar surface area (TPSA) is 85.2 Å². The monoisotopic (exact) mass is 458 g/mol. The number of benzene rings is 2. The lowest BCUT2D eigenvalue weighted by Gasteiger charge is -2.11. The van der Waals surface area contributed by atoms with Crippen LogP contribution in [0.1, 0.15) is 17.5 Å². The minimum absolute atomic E-state index is 0.0681. The molecule has 1 N–H and O–H groups in total. The van der Waals surface area contributed by atoms with E-state index in [1.54, 1.807) is 12.1 Å². The minimum Gasteiger partial charge on any atom is -0.324 e. The van der Waals surface area contributed by atoms with E-state index in [0.29, 0.717) is 23.6 Å². The fourth-order valence-corrected chi connectivity index (χ4v) is 4.54. The Balaban J connectivity index is 1.58. The van der Waals surface area contributed by atoms with E-state index in [1.807, 2.05) is 42.5 Å². The quantitative estimate of drug-likeness (QED) is 0.531. The zero-order valence-corrected chi connectivity index (χ0v) is 18.4. The second-order valence-electron chi connectivity index (χ2n) is 7.20. The fourth-order valence-electron chi connectivity index (χ4n) is 3.15. The summed E-state index contributed by atoms with van der Waals surface area (Å²) in [5.74, 6) is -1.31. The maximum atomic E-state index is 12.3. The maximum Gasteiger partial charge on any atom is 0.250 e. The van der Waals surface area contributed by atoms with Crippen LogP contribution in [0.4, 0.5) is 5.69 Å². The number of nitrogens with zero attached hydrogens (tertiary/aromatic N) is 1. The molecule has 3 aromatic rings. The van der Waals surface area contributed by atoms with E-state index in [1.165, 1.54) is 22.9 Å². The number of halogens is 1. The zero-order chi connectivity index (χ0) is 22.3. The first-order chi connectivity index (χ1) is 14.8. The molecule has 6 nitrogen and oxygen atoms in total. The first-order valence-electron chi connectivity index (χ1n) is 9.80. The van der Waals surface area contributed by atoms with Crippen LogP contribution in [0.5, 0.6) is 0 Å². The van der Waals surface area contributed by atoms with Crippen LogP contribution in [-0.2, 0) is 27.6 Å². The summed E-state index contributed by atoms with van der Waals surface area (Å²) in [6.45, 7) is 0.236. The number of aryl methyl sites for hydroxylation is 1. The van der Waals surface area contributed by atoms with Crippen molar-refractivity contribution in [2.45, 2.75) is 19.4 Å². The summed E-state index contributed by atoms with van der Waals surface area (Å²) in [5.41, 5.74) is 1.90. The predicted molar refractivity (Wildman–Crippen MR) is 123 cm³/mol. The molecule has 1 aromatic heterocycles. The number of carbonyl (C=O) groups excluding carboxylic acids is 1. The smallest absolute Gasteiger partial charge is 0.250 e. The van der Waals surface area contributed by atoms with Crippen molar-refractivity contribution in [2.24, 2.45) is 0 Å². The Kier molecular flexibility index (Phi) is 7.65. The molecule has 0 radical (unpaired) electrons. The Hall–Kier alpha value is -2.90. The molecule has 0 fully saturated rings. The van der Waals surface area contributed by atoms with E-state index < -0.39 is 21.5 Å². The van der Waals surface area contributed by atoms with Crippen molar-refractivity contribution in [3.8, 4) is 0 Å². The Bertz CT molecular complexity index is 1210. The van der Waals surface area contributed by atoms with Gasteiger partial charge in [0.25, 0.3) is 5.56 Å². The number of pyridine rings is 1. The van der Waals surface area contributed by atoms with Crippen LogP contribution >= 0.6 is 11.6 Å². The first-order valence-corrected chi connectivity index (χ1v) is 12.0. The molecule has 0 saturated heterocycles. The van der Waals surface area contributed by atoms with Gasteiger partial charge in [-0.1, -0.05) is 60.1 Å². The van der Waals surface area contributed by atoms with Crippen molar-refractivity contribution >= 4 is 33.0 Å². The zero-order valence-electron chi connectivity index (χ0n) is 16.8. The summed E-state index contributed by atoms with van der Waals surface area (Å²) in [7, 11) is -3.54. The van der Waals surface area contributed by atoms with E-state index in [-0.39, 0.29) is 17.9 Å². The van der Waals surface area contributed by atoms with Gasteiger partial charge in [-0.15, -0.1) is 0 Å². The number of sulfone groups is 1. The average molecular weight is 459 g/mol. The first kappa shape index (κ1) is 22.8. The van der Waals surface area contributed by atoms with Gasteiger partial charge in [0.1, 0.15) is 5.75 Å². The summed E-state index contributed by atoms with van der Waals surface area (Å²) < 4.78 is 26.0. The molecule has 0 bridgehead atoms. The molecular formula is C23H23ClN2O4S. The lowest BCUT2D eigenvalue weighted by molar-refractivity contribution is -0.113. The van der Waals surface area contributed by atoms with Gasteiger partial charge in [-0.2, -0.15) is 0 Å². The van der Waals surface area contributed by atoms with Crippen LogP contribution in [0.15, 0.2) is 77.7 Å². The highest BCUT2D eigenvalue weighted by Gasteiger charge is 2.17. The van der Waals surface area contributed by atoms with Crippen molar-refractivity contribution in [3.05, 3.63) is 99.4 Å². The van der Waals surface area contributed by atoms with Crippen LogP contribution in [-0.4, -0.2) is 30.4 Å². The van der Waals surface area contributed by atoms with Crippen molar-refractivity contribution in [3.63, 3.8) is 0 Å². The molecule has 0 aliphatic carbocycles. The summed E-state index contributed by atoms with van der Waals surface area (Å²) in [6, 6.07) is 19.5. The molecule has 0 atom stereocenters. The van der Waals surface area contributed by atoms with Gasteiger partial charge in [-0.3, -0.25) is 9.59 Å². The molecule has 0 aliphatic rings. The number of hydrogen-bond donors (Lipinski definition) is 1. The molecule has 2 aromatic carbocycles. The van der Waals surface area contributed by atoms with Crippen molar-refractivity contribution < 1.29 is 13.2 Å². The van der Waals surface area contributed by atoms with Crippen LogP contribution < -0.4 is 10.9 Å². The molecular weight excluding hydrogens is 436 g/mol. The number of rotatable bonds is 9. The van der Waals surface area contributed by atoms with Gasteiger partial charge in [-0.05, 0) is 36.1 Å². The van der Waals surface area contributed by atoms with E-state index in [4.69, 9.17) is 11.6 Å². The molecule has 1 heterocycles. The maximum absolute atomic E-state index is 12.3. The third kappa shape index (κ3) is 7.08. The molecule has 162 valence electrons. The van der Waals surface area contributed by atoms with Crippen molar-refractivity contribution in [1.29, 1.82) is 0 Å². The largest absolute Gasteiger partial charge is 0.324 e. The van der Waals surface area contributed by atoms with Crippen molar-refractivity contribution in [1.82, 2.24) is 4.57 Å². The summed E-state index contributed by atoms with van der Waals surface area (Å²) in [6.07, 6.45) is 2.56. The van der Waals surface area contributed by atoms with Gasteiger partial charge in [0.15, 0.2) is 9.84 Å². The predicted octanol–water partition coefficient (Wildman–Crippen LogP) is 3.54. The van der Waals surface area contributed by atoms with Gasteiger partial charge in [0, 0.05) is 17.3 Å². The molecule has 0 saturated carbocycles. The van der Waals surface area contributed by atoms with E-state index in [0.717, 1.165) is 11.1 Å². The SMILES string of the molecule is O=C(CS(=O)(=O)CCCc1ccccc1)Nc1ccc(=O)n(Cc2ccccc2Cl)c1. The standard InChI is InChI=1S/C23H23ClN2O4S/c24-21-11-5-4-10-19(21)15-26-16-20(12-13-23(26)28)25-22(27)17-31(29,30)14-6-9-18-7-2-1-3-8-18/h1-5,7-8,10-13,16H,6,9,14-15,17H2,(H,25,27). The van der Waals surface area contributed by atoms with E-state index >= 15 is 0 Å². The highest BCUT2D eigenvalue weighted by atomic mass is 35.5. The highest BCUT2D eigenvalue weighted by molar-refractivity contribution is 7.92. The Labute approximate surface area is 186 Å². The summed E-state index contributed by atoms with van der Waals surface area (Å²) >= 11 is 6.15. The Morgan fingerprint density at radius 1 is 0.968 bits per heavy atom. The lowest BCUT2D eigenvalue weighted by Crippen LogP contribution is -2.26. The third-order valence-electron chi connectivity index (χ3n) is 4.68. The van der Waals surface area contributed by atoms with Gasteiger partial charge in [-0.25, -0.2) is 8.42 Å². The minimum atomic E-state index is -3.54. The normalized spacial score (nSPS) is 11.3. The molecule has 0 unspecified atom stereocenters. The number of aromatic nitrogens is 1. The number of nitrogens with one attached hydrogen (secondary N) is 1. The van der Waals surface area contributed by atoms with E-state index in [2.05, 4.69) is 5.32 Å². The third-order valence-corrected chi connectivity index (χ3v) is 6.66. The summed E-state index contributed by atoms with van der Waals surface area (Å²) in [5, 5.41) is 3.10. The lowest BCUT2D eigenvalue weighted by atomic mass is 10.1. The average Bonchev–Trinajstić information content (AvgIpc) is 2.72. The molecule has 8 heteroatoms. The molecule has 31 heavy (non-hydrogen) atoms.